The second kappa shape index (κ2) is 10.7. The maximum absolute atomic E-state index is 13.2. The van der Waals surface area contributed by atoms with E-state index in [0.29, 0.717) is 38.2 Å². The highest BCUT2D eigenvalue weighted by Gasteiger charge is 2.37. The second-order valence-corrected chi connectivity index (χ2v) is 8.25. The Morgan fingerprint density at radius 1 is 1.03 bits per heavy atom. The van der Waals surface area contributed by atoms with Crippen molar-refractivity contribution < 1.29 is 35.9 Å². The van der Waals surface area contributed by atoms with E-state index in [1.165, 1.54) is 0 Å². The SMILES string of the molecule is CCCNC(=O)N1CC[C@H](OCc2cc(C(F)(F)F)cc(C(F)(F)F)c2)[C@H](c2ccccc2)C1. The average molecular weight is 488 g/mol. The molecule has 0 aromatic heterocycles. The molecule has 0 aliphatic carbocycles. The number of urea groups is 1. The van der Waals surface area contributed by atoms with Gasteiger partial charge in [-0.3, -0.25) is 0 Å². The molecule has 4 nitrogen and oxygen atoms in total. The number of hydrogen-bond acceptors (Lipinski definition) is 2. The van der Waals surface area contributed by atoms with Crippen LogP contribution in [0.2, 0.25) is 0 Å². The van der Waals surface area contributed by atoms with Crippen molar-refractivity contribution >= 4 is 6.03 Å². The predicted molar refractivity (Wildman–Crippen MR) is 114 cm³/mol. The lowest BCUT2D eigenvalue weighted by Crippen LogP contribution is -2.49. The van der Waals surface area contributed by atoms with Gasteiger partial charge in [-0.25, -0.2) is 4.79 Å². The van der Waals surface area contributed by atoms with Crippen molar-refractivity contribution in [2.75, 3.05) is 19.6 Å². The number of nitrogens with zero attached hydrogens (tertiary/aromatic N) is 1. The summed E-state index contributed by atoms with van der Waals surface area (Å²) in [6.45, 7) is 2.73. The van der Waals surface area contributed by atoms with Gasteiger partial charge < -0.3 is 15.0 Å². The van der Waals surface area contributed by atoms with Crippen LogP contribution in [-0.2, 0) is 23.7 Å². The molecule has 1 N–H and O–H groups in total. The Bertz CT molecular complexity index is 930. The van der Waals surface area contributed by atoms with E-state index in [2.05, 4.69) is 5.32 Å². The van der Waals surface area contributed by atoms with E-state index < -0.39 is 36.2 Å². The standard InChI is InChI=1S/C24H26F6N2O2/c1-2-9-31-22(33)32-10-8-21(20(14-32)17-6-4-3-5-7-17)34-15-16-11-18(23(25,26)27)13-19(12-16)24(28,29)30/h3-7,11-13,20-21H,2,8-10,14-15H2,1H3,(H,31,33)/t20-,21-/m0/s1. The molecule has 1 saturated heterocycles. The van der Waals surface area contributed by atoms with Crippen molar-refractivity contribution in [1.82, 2.24) is 10.2 Å². The van der Waals surface area contributed by atoms with Gasteiger partial charge in [0.25, 0.3) is 0 Å². The van der Waals surface area contributed by atoms with Gasteiger partial charge in [0.05, 0.1) is 23.8 Å². The van der Waals surface area contributed by atoms with Gasteiger partial charge in [0.2, 0.25) is 0 Å². The minimum Gasteiger partial charge on any atom is -0.373 e. The molecule has 0 unspecified atom stereocenters. The first-order chi connectivity index (χ1) is 16.0. The van der Waals surface area contributed by atoms with Crippen molar-refractivity contribution in [1.29, 1.82) is 0 Å². The molecule has 1 aliphatic rings. The maximum atomic E-state index is 13.2. The van der Waals surface area contributed by atoms with Crippen LogP contribution in [0.25, 0.3) is 0 Å². The monoisotopic (exact) mass is 488 g/mol. The summed E-state index contributed by atoms with van der Waals surface area (Å²) < 4.78 is 84.9. The summed E-state index contributed by atoms with van der Waals surface area (Å²) in [6, 6.07) is 10.4. The third-order valence-corrected chi connectivity index (χ3v) is 5.70. The molecule has 1 fully saturated rings. The zero-order valence-corrected chi connectivity index (χ0v) is 18.5. The van der Waals surface area contributed by atoms with Crippen LogP contribution in [0, 0.1) is 0 Å². The Morgan fingerprint density at radius 2 is 1.65 bits per heavy atom. The fourth-order valence-electron chi connectivity index (χ4n) is 3.98. The van der Waals surface area contributed by atoms with E-state index in [0.717, 1.165) is 12.0 Å². The van der Waals surface area contributed by atoms with Crippen LogP contribution >= 0.6 is 0 Å². The minimum absolute atomic E-state index is 0.101. The average Bonchev–Trinajstić information content (AvgIpc) is 2.80. The molecule has 10 heteroatoms. The molecule has 0 spiro atoms. The normalized spacial score (nSPS) is 19.2. The number of alkyl halides is 6. The van der Waals surface area contributed by atoms with Gasteiger partial charge in [0.1, 0.15) is 0 Å². The van der Waals surface area contributed by atoms with Crippen LogP contribution in [0.5, 0.6) is 0 Å². The minimum atomic E-state index is -4.92. The number of piperidine rings is 1. The smallest absolute Gasteiger partial charge is 0.373 e. The number of carbonyl (C=O) groups is 1. The topological polar surface area (TPSA) is 41.6 Å². The number of carbonyl (C=O) groups excluding carboxylic acids is 1. The summed E-state index contributed by atoms with van der Waals surface area (Å²) in [5.41, 5.74) is -2.08. The fraction of sp³-hybridized carbons (Fsp3) is 0.458. The van der Waals surface area contributed by atoms with E-state index >= 15 is 0 Å². The number of amides is 2. The van der Waals surface area contributed by atoms with Crippen molar-refractivity contribution in [3.63, 3.8) is 0 Å². The van der Waals surface area contributed by atoms with Gasteiger partial charge in [-0.2, -0.15) is 26.3 Å². The summed E-state index contributed by atoms with van der Waals surface area (Å²) in [7, 11) is 0. The number of nitrogens with one attached hydrogen (secondary N) is 1. The fourth-order valence-corrected chi connectivity index (χ4v) is 3.98. The number of benzene rings is 2. The highest BCUT2D eigenvalue weighted by atomic mass is 19.4. The molecule has 1 heterocycles. The molecular formula is C24H26F6N2O2. The third kappa shape index (κ3) is 6.65. The predicted octanol–water partition coefficient (Wildman–Crippen LogP) is 6.22. The highest BCUT2D eigenvalue weighted by Crippen LogP contribution is 2.37. The van der Waals surface area contributed by atoms with Gasteiger partial charge in [-0.1, -0.05) is 37.3 Å². The maximum Gasteiger partial charge on any atom is 0.416 e. The van der Waals surface area contributed by atoms with E-state index in [4.69, 9.17) is 4.74 Å². The van der Waals surface area contributed by atoms with Crippen LogP contribution in [0.15, 0.2) is 48.5 Å². The van der Waals surface area contributed by atoms with Crippen molar-refractivity contribution in [3.8, 4) is 0 Å². The Balaban J connectivity index is 1.80. The van der Waals surface area contributed by atoms with Gasteiger partial charge in [-0.15, -0.1) is 0 Å². The van der Waals surface area contributed by atoms with Crippen molar-refractivity contribution in [2.24, 2.45) is 0 Å². The largest absolute Gasteiger partial charge is 0.416 e. The molecule has 2 aromatic carbocycles. The molecule has 186 valence electrons. The molecule has 2 aromatic rings. The zero-order chi connectivity index (χ0) is 24.9. The van der Waals surface area contributed by atoms with E-state index in [9.17, 15) is 31.1 Å². The van der Waals surface area contributed by atoms with Gasteiger partial charge in [0.15, 0.2) is 0 Å². The highest BCUT2D eigenvalue weighted by molar-refractivity contribution is 5.74. The van der Waals surface area contributed by atoms with Crippen LogP contribution < -0.4 is 5.32 Å². The molecule has 34 heavy (non-hydrogen) atoms. The van der Waals surface area contributed by atoms with Crippen molar-refractivity contribution in [2.45, 2.75) is 50.7 Å². The molecule has 3 rings (SSSR count). The number of hydrogen-bond donors (Lipinski definition) is 1. The molecule has 1 aliphatic heterocycles. The zero-order valence-electron chi connectivity index (χ0n) is 18.5. The first kappa shape index (κ1) is 25.9. The van der Waals surface area contributed by atoms with Gasteiger partial charge in [0, 0.05) is 25.6 Å². The van der Waals surface area contributed by atoms with E-state index in [-0.39, 0.29) is 23.6 Å². The Kier molecular flexibility index (Phi) is 8.12. The lowest BCUT2D eigenvalue weighted by molar-refractivity contribution is -0.143. The van der Waals surface area contributed by atoms with Crippen LogP contribution in [0.1, 0.15) is 47.9 Å². The molecule has 0 saturated carbocycles. The number of rotatable bonds is 6. The molecule has 0 bridgehead atoms. The van der Waals surface area contributed by atoms with Gasteiger partial charge in [-0.05, 0) is 42.2 Å². The number of halogens is 6. The molecule has 0 radical (unpaired) electrons. The molecule has 2 amide bonds. The van der Waals surface area contributed by atoms with Crippen LogP contribution in [-0.4, -0.2) is 36.7 Å². The summed E-state index contributed by atoms with van der Waals surface area (Å²) in [4.78, 5) is 14.1. The lowest BCUT2D eigenvalue weighted by Gasteiger charge is -2.38. The molecular weight excluding hydrogens is 462 g/mol. The number of likely N-dealkylation sites (tertiary alicyclic amines) is 1. The van der Waals surface area contributed by atoms with Crippen LogP contribution in [0.3, 0.4) is 0 Å². The molecule has 2 atom stereocenters. The van der Waals surface area contributed by atoms with Crippen molar-refractivity contribution in [3.05, 3.63) is 70.8 Å². The van der Waals surface area contributed by atoms with Gasteiger partial charge >= 0.3 is 18.4 Å². The van der Waals surface area contributed by atoms with E-state index in [1.54, 1.807) is 4.90 Å². The third-order valence-electron chi connectivity index (χ3n) is 5.70. The summed E-state index contributed by atoms with van der Waals surface area (Å²) in [6.07, 6.45) is -9.14. The Hall–Kier alpha value is -2.75. The first-order valence-corrected chi connectivity index (χ1v) is 11.0. The number of ether oxygens (including phenoxy) is 1. The first-order valence-electron chi connectivity index (χ1n) is 11.0. The van der Waals surface area contributed by atoms with E-state index in [1.807, 2.05) is 37.3 Å². The summed E-state index contributed by atoms with van der Waals surface area (Å²) >= 11 is 0. The summed E-state index contributed by atoms with van der Waals surface area (Å²) in [5.74, 6) is -0.282. The second-order valence-electron chi connectivity index (χ2n) is 8.25. The Morgan fingerprint density at radius 3 is 2.21 bits per heavy atom. The summed E-state index contributed by atoms with van der Waals surface area (Å²) in [5, 5.41) is 2.82. The quantitative estimate of drug-likeness (QED) is 0.491. The van der Waals surface area contributed by atoms with Crippen LogP contribution in [0.4, 0.5) is 31.1 Å². The lowest BCUT2D eigenvalue weighted by atomic mass is 9.88. The Labute approximate surface area is 193 Å².